The lowest BCUT2D eigenvalue weighted by Gasteiger charge is -2.38. The van der Waals surface area contributed by atoms with Crippen LogP contribution < -0.4 is 10.6 Å². The first-order valence-electron chi connectivity index (χ1n) is 6.60. The fourth-order valence-corrected chi connectivity index (χ4v) is 3.39. The number of fused-ring (bicyclic) bond motifs is 1. The molecule has 3 rings (SSSR count). The number of halogens is 1. The second-order valence-corrected chi connectivity index (χ2v) is 5.71. The van der Waals surface area contributed by atoms with Crippen LogP contribution in [0.5, 0.6) is 0 Å². The van der Waals surface area contributed by atoms with E-state index in [4.69, 9.17) is 11.6 Å². The van der Waals surface area contributed by atoms with Gasteiger partial charge < -0.3 is 10.6 Å². The van der Waals surface area contributed by atoms with Crippen molar-refractivity contribution in [3.8, 4) is 0 Å². The van der Waals surface area contributed by atoms with Gasteiger partial charge in [-0.2, -0.15) is 0 Å². The van der Waals surface area contributed by atoms with Crippen LogP contribution >= 0.6 is 11.6 Å². The number of hydrogen-bond donors (Lipinski definition) is 2. The molecule has 1 aromatic carbocycles. The average Bonchev–Trinajstić information content (AvgIpc) is 2.51. The van der Waals surface area contributed by atoms with Gasteiger partial charge in [0.2, 0.25) is 0 Å². The van der Waals surface area contributed by atoms with Crippen molar-refractivity contribution in [2.45, 2.75) is 44.1 Å². The quantitative estimate of drug-likeness (QED) is 0.719. The smallest absolute Gasteiger partial charge is 0.0769 e. The van der Waals surface area contributed by atoms with Crippen molar-refractivity contribution in [1.82, 2.24) is 0 Å². The predicted molar refractivity (Wildman–Crippen MR) is 74.0 cm³/mol. The van der Waals surface area contributed by atoms with E-state index >= 15 is 0 Å². The van der Waals surface area contributed by atoms with Gasteiger partial charge in [0, 0.05) is 12.1 Å². The molecule has 1 heterocycles. The lowest BCUT2D eigenvalue weighted by atomic mass is 9.79. The van der Waals surface area contributed by atoms with Crippen molar-refractivity contribution in [1.29, 1.82) is 0 Å². The number of hydrogen-bond acceptors (Lipinski definition) is 2. The average molecular weight is 251 g/mol. The molecule has 1 saturated carbocycles. The van der Waals surface area contributed by atoms with Crippen LogP contribution in [-0.4, -0.2) is 12.1 Å². The van der Waals surface area contributed by atoms with Gasteiger partial charge in [-0.3, -0.25) is 0 Å². The van der Waals surface area contributed by atoms with E-state index in [9.17, 15) is 0 Å². The minimum Gasteiger partial charge on any atom is -0.383 e. The van der Waals surface area contributed by atoms with Crippen molar-refractivity contribution < 1.29 is 0 Å². The largest absolute Gasteiger partial charge is 0.383 e. The van der Waals surface area contributed by atoms with E-state index in [2.05, 4.69) is 16.7 Å². The first-order valence-corrected chi connectivity index (χ1v) is 6.98. The molecular formula is C14H19ClN2. The zero-order chi connectivity index (χ0) is 11.7. The summed E-state index contributed by atoms with van der Waals surface area (Å²) < 4.78 is 0. The number of benzene rings is 1. The van der Waals surface area contributed by atoms with E-state index < -0.39 is 0 Å². The molecule has 1 fully saturated rings. The van der Waals surface area contributed by atoms with Gasteiger partial charge in [0.1, 0.15) is 0 Å². The Morgan fingerprint density at radius 3 is 2.71 bits per heavy atom. The van der Waals surface area contributed by atoms with Gasteiger partial charge in [0.25, 0.3) is 0 Å². The number of para-hydroxylation sites is 1. The highest BCUT2D eigenvalue weighted by atomic mass is 35.5. The molecule has 0 unspecified atom stereocenters. The summed E-state index contributed by atoms with van der Waals surface area (Å²) in [6.45, 7) is 1.04. The van der Waals surface area contributed by atoms with E-state index in [1.807, 2.05) is 12.1 Å². The van der Waals surface area contributed by atoms with Crippen LogP contribution in [0.25, 0.3) is 0 Å². The highest BCUT2D eigenvalue weighted by Crippen LogP contribution is 2.41. The van der Waals surface area contributed by atoms with Gasteiger partial charge in [-0.15, -0.1) is 0 Å². The molecule has 2 N–H and O–H groups in total. The van der Waals surface area contributed by atoms with Crippen LogP contribution in [0.2, 0.25) is 5.02 Å². The molecule has 1 aliphatic heterocycles. The van der Waals surface area contributed by atoms with Gasteiger partial charge in [-0.25, -0.2) is 0 Å². The molecule has 0 amide bonds. The summed E-state index contributed by atoms with van der Waals surface area (Å²) in [5, 5.41) is 8.07. The van der Waals surface area contributed by atoms with E-state index in [1.54, 1.807) is 0 Å². The molecular weight excluding hydrogens is 232 g/mol. The monoisotopic (exact) mass is 250 g/mol. The van der Waals surface area contributed by atoms with Gasteiger partial charge in [0.05, 0.1) is 16.4 Å². The van der Waals surface area contributed by atoms with Crippen molar-refractivity contribution in [2.24, 2.45) is 0 Å². The Labute approximate surface area is 108 Å². The third-order valence-electron chi connectivity index (χ3n) is 4.13. The Balaban J connectivity index is 1.95. The number of nitrogens with one attached hydrogen (secondary N) is 2. The minimum absolute atomic E-state index is 0.279. The molecule has 1 aromatic rings. The normalized spacial score (nSPS) is 22.2. The first-order chi connectivity index (χ1) is 8.29. The summed E-state index contributed by atoms with van der Waals surface area (Å²) in [7, 11) is 0. The summed E-state index contributed by atoms with van der Waals surface area (Å²) in [5.41, 5.74) is 2.54. The van der Waals surface area contributed by atoms with Gasteiger partial charge in [0.15, 0.2) is 0 Å². The van der Waals surface area contributed by atoms with Crippen molar-refractivity contribution in [3.63, 3.8) is 0 Å². The molecule has 0 radical (unpaired) electrons. The van der Waals surface area contributed by atoms with E-state index in [-0.39, 0.29) is 5.54 Å². The molecule has 0 bridgehead atoms. The Morgan fingerprint density at radius 1 is 1.06 bits per heavy atom. The number of rotatable bonds is 0. The third kappa shape index (κ3) is 2.11. The maximum absolute atomic E-state index is 6.31. The zero-order valence-electron chi connectivity index (χ0n) is 10.1. The summed E-state index contributed by atoms with van der Waals surface area (Å²) >= 11 is 6.31. The van der Waals surface area contributed by atoms with Crippen molar-refractivity contribution in [2.75, 3.05) is 17.2 Å². The van der Waals surface area contributed by atoms with Gasteiger partial charge >= 0.3 is 0 Å². The van der Waals surface area contributed by atoms with Gasteiger partial charge in [-0.05, 0) is 31.4 Å². The first kappa shape index (κ1) is 11.2. The van der Waals surface area contributed by atoms with Crippen LogP contribution in [0.15, 0.2) is 18.2 Å². The molecule has 2 aliphatic rings. The summed E-state index contributed by atoms with van der Waals surface area (Å²) in [4.78, 5) is 0. The summed E-state index contributed by atoms with van der Waals surface area (Å²) in [6.07, 6.45) is 7.81. The maximum Gasteiger partial charge on any atom is 0.0769 e. The Morgan fingerprint density at radius 2 is 1.88 bits per heavy atom. The van der Waals surface area contributed by atoms with Crippen molar-refractivity contribution in [3.05, 3.63) is 23.2 Å². The lowest BCUT2D eigenvalue weighted by Crippen LogP contribution is -2.40. The van der Waals surface area contributed by atoms with Crippen LogP contribution in [0.4, 0.5) is 11.4 Å². The van der Waals surface area contributed by atoms with Crippen molar-refractivity contribution >= 4 is 23.0 Å². The molecule has 3 heteroatoms. The fraction of sp³-hybridized carbons (Fsp3) is 0.571. The minimum atomic E-state index is 0.279. The molecule has 0 aromatic heterocycles. The second kappa shape index (κ2) is 4.41. The topological polar surface area (TPSA) is 24.1 Å². The fourth-order valence-electron chi connectivity index (χ4n) is 3.17. The van der Waals surface area contributed by atoms with Crippen LogP contribution in [0.1, 0.15) is 38.5 Å². The molecule has 1 spiro atoms. The Bertz CT molecular complexity index is 411. The summed E-state index contributed by atoms with van der Waals surface area (Å²) in [6, 6.07) is 6.09. The van der Waals surface area contributed by atoms with Crippen LogP contribution in [-0.2, 0) is 0 Å². The molecule has 17 heavy (non-hydrogen) atoms. The Kier molecular flexibility index (Phi) is 2.91. The molecule has 0 saturated heterocycles. The lowest BCUT2D eigenvalue weighted by molar-refractivity contribution is 0.313. The van der Waals surface area contributed by atoms with Gasteiger partial charge in [-0.1, -0.05) is 36.9 Å². The van der Waals surface area contributed by atoms with Crippen LogP contribution in [0, 0.1) is 0 Å². The molecule has 0 atom stereocenters. The maximum atomic E-state index is 6.31. The second-order valence-electron chi connectivity index (χ2n) is 5.31. The number of anilines is 2. The molecule has 1 aliphatic carbocycles. The third-order valence-corrected chi connectivity index (χ3v) is 4.45. The SMILES string of the molecule is Clc1cccc2c1NC1(CCCCC1)CCN2. The van der Waals surface area contributed by atoms with Crippen LogP contribution in [0.3, 0.4) is 0 Å². The molecule has 92 valence electrons. The summed E-state index contributed by atoms with van der Waals surface area (Å²) in [5.74, 6) is 0. The van der Waals surface area contributed by atoms with E-state index in [1.165, 1.54) is 38.5 Å². The van der Waals surface area contributed by atoms with E-state index in [0.29, 0.717) is 0 Å². The van der Waals surface area contributed by atoms with E-state index in [0.717, 1.165) is 22.9 Å². The highest BCUT2D eigenvalue weighted by Gasteiger charge is 2.34. The molecule has 2 nitrogen and oxygen atoms in total. The Hall–Kier alpha value is -0.890. The predicted octanol–water partition coefficient (Wildman–Crippen LogP) is 4.27. The standard InChI is InChI=1S/C14H19ClN2/c15-11-5-4-6-12-13(11)17-14(9-10-16-12)7-2-1-3-8-14/h4-6,16-17H,1-3,7-10H2. The zero-order valence-corrected chi connectivity index (χ0v) is 10.8. The highest BCUT2D eigenvalue weighted by molar-refractivity contribution is 6.34.